The predicted octanol–water partition coefficient (Wildman–Crippen LogP) is 5.78. The van der Waals surface area contributed by atoms with Crippen LogP contribution in [0, 0.1) is 0 Å². The molecule has 120 valence electrons. The summed E-state index contributed by atoms with van der Waals surface area (Å²) in [5.41, 5.74) is 1.25. The first kappa shape index (κ1) is 18.9. The molecule has 0 unspecified atom stereocenters. The Balaban J connectivity index is 3.02. The second-order valence-electron chi connectivity index (χ2n) is 6.42. The van der Waals surface area contributed by atoms with Crippen molar-refractivity contribution in [2.75, 3.05) is 12.4 Å². The molecule has 1 aromatic rings. The molecule has 21 heavy (non-hydrogen) atoms. The average molecular weight is 396 g/mol. The van der Waals surface area contributed by atoms with Crippen molar-refractivity contribution in [1.82, 2.24) is 0 Å². The zero-order valence-electron chi connectivity index (χ0n) is 14.7. The topological polar surface area (TPSA) is 12.0 Å². The van der Waals surface area contributed by atoms with Gasteiger partial charge in [0.1, 0.15) is 0 Å². The van der Waals surface area contributed by atoms with E-state index >= 15 is 0 Å². The number of hydrogen-bond donors (Lipinski definition) is 1. The molecule has 0 heterocycles. The molecule has 1 rings (SSSR count). The van der Waals surface area contributed by atoms with E-state index < -0.39 is 18.4 Å². The van der Waals surface area contributed by atoms with Crippen LogP contribution in [-0.4, -0.2) is 25.4 Å². The van der Waals surface area contributed by atoms with E-state index in [1.54, 1.807) is 16.9 Å². The second-order valence-corrected chi connectivity index (χ2v) is 19.7. The summed E-state index contributed by atoms with van der Waals surface area (Å²) in [6.45, 7) is 7.04. The van der Waals surface area contributed by atoms with E-state index in [0.29, 0.717) is 0 Å². The fourth-order valence-corrected chi connectivity index (χ4v) is 19.3. The third kappa shape index (κ3) is 5.84. The summed E-state index contributed by atoms with van der Waals surface area (Å²) in [6, 6.07) is 9.52. The van der Waals surface area contributed by atoms with Gasteiger partial charge in [0, 0.05) is 0 Å². The zero-order valence-corrected chi connectivity index (χ0v) is 17.5. The van der Waals surface area contributed by atoms with Crippen molar-refractivity contribution in [3.8, 4) is 0 Å². The van der Waals surface area contributed by atoms with E-state index in [0.717, 1.165) is 0 Å². The normalized spacial score (nSPS) is 11.6. The van der Waals surface area contributed by atoms with Crippen LogP contribution in [0.2, 0.25) is 13.3 Å². The first-order valence-electron chi connectivity index (χ1n) is 9.00. The summed E-state index contributed by atoms with van der Waals surface area (Å²) in [6.07, 6.45) is 8.38. The molecule has 1 N–H and O–H groups in total. The van der Waals surface area contributed by atoms with Gasteiger partial charge in [-0.15, -0.1) is 0 Å². The predicted molar refractivity (Wildman–Crippen MR) is 101 cm³/mol. The van der Waals surface area contributed by atoms with Crippen LogP contribution >= 0.6 is 0 Å². The third-order valence-electron chi connectivity index (χ3n) is 4.81. The molecule has 0 fully saturated rings. The summed E-state index contributed by atoms with van der Waals surface area (Å²) in [5, 5.41) is 3.26. The second kappa shape index (κ2) is 10.5. The molecule has 1 nitrogen and oxygen atoms in total. The van der Waals surface area contributed by atoms with Gasteiger partial charge < -0.3 is 0 Å². The standard InChI is InChI=1S/C7H8N.3C4H9.Sn/c1-8-7-5-3-2-4-6-7;3*1-3-4-2;/h3-6,8H,1H3;3*1,3-4H2,2H3;. The minimum absolute atomic E-state index is 1.25. The van der Waals surface area contributed by atoms with Crippen LogP contribution in [0.3, 0.4) is 0 Å². The van der Waals surface area contributed by atoms with Gasteiger partial charge in [0.05, 0.1) is 0 Å². The van der Waals surface area contributed by atoms with E-state index in [4.69, 9.17) is 0 Å². The monoisotopic (exact) mass is 397 g/mol. The SMILES string of the molecule is CCC[CH2][Sn]([CH2]CCC)([CH2]CCC)[c]1ccc(NC)cc1. The van der Waals surface area contributed by atoms with Gasteiger partial charge in [-0.05, 0) is 0 Å². The van der Waals surface area contributed by atoms with Crippen LogP contribution in [0.5, 0.6) is 0 Å². The van der Waals surface area contributed by atoms with Crippen LogP contribution < -0.4 is 8.90 Å². The fraction of sp³-hybridized carbons (Fsp3) is 0.684. The van der Waals surface area contributed by atoms with Crippen molar-refractivity contribution in [2.24, 2.45) is 0 Å². The van der Waals surface area contributed by atoms with Crippen molar-refractivity contribution in [3.05, 3.63) is 24.3 Å². The van der Waals surface area contributed by atoms with Gasteiger partial charge in [0.15, 0.2) is 0 Å². The Morgan fingerprint density at radius 1 is 0.762 bits per heavy atom. The molecule has 0 aliphatic heterocycles. The molecular formula is C19H35NSn. The first-order valence-corrected chi connectivity index (χ1v) is 16.5. The minimum atomic E-state index is -2.17. The molecular weight excluding hydrogens is 361 g/mol. The maximum atomic E-state index is 3.26. The molecule has 2 heteroatoms. The molecule has 0 aliphatic rings. The first-order chi connectivity index (χ1) is 10.2. The quantitative estimate of drug-likeness (QED) is 0.468. The van der Waals surface area contributed by atoms with Gasteiger partial charge in [0.25, 0.3) is 0 Å². The number of anilines is 1. The van der Waals surface area contributed by atoms with Gasteiger partial charge in [-0.25, -0.2) is 0 Å². The summed E-state index contributed by atoms with van der Waals surface area (Å²) < 4.78 is 6.46. The van der Waals surface area contributed by atoms with Crippen LogP contribution in [0.4, 0.5) is 5.69 Å². The van der Waals surface area contributed by atoms with E-state index in [-0.39, 0.29) is 0 Å². The Bertz CT molecular complexity index is 350. The zero-order chi connectivity index (χ0) is 15.6. The van der Waals surface area contributed by atoms with E-state index in [9.17, 15) is 0 Å². The molecule has 0 aromatic heterocycles. The van der Waals surface area contributed by atoms with Gasteiger partial charge in [0.2, 0.25) is 0 Å². The van der Waals surface area contributed by atoms with Crippen molar-refractivity contribution in [1.29, 1.82) is 0 Å². The number of rotatable bonds is 11. The van der Waals surface area contributed by atoms with Crippen molar-refractivity contribution >= 4 is 27.6 Å². The summed E-state index contributed by atoms with van der Waals surface area (Å²) >= 11 is -2.17. The number of hydrogen-bond acceptors (Lipinski definition) is 1. The van der Waals surface area contributed by atoms with E-state index in [2.05, 4.69) is 50.4 Å². The van der Waals surface area contributed by atoms with Crippen LogP contribution in [-0.2, 0) is 0 Å². The summed E-state index contributed by atoms with van der Waals surface area (Å²) in [5.74, 6) is 0. The van der Waals surface area contributed by atoms with Crippen molar-refractivity contribution < 1.29 is 0 Å². The number of benzene rings is 1. The van der Waals surface area contributed by atoms with Crippen LogP contribution in [0.1, 0.15) is 59.3 Å². The van der Waals surface area contributed by atoms with Crippen molar-refractivity contribution in [2.45, 2.75) is 72.6 Å². The third-order valence-corrected chi connectivity index (χ3v) is 20.5. The number of nitrogens with one attached hydrogen (secondary N) is 1. The van der Waals surface area contributed by atoms with Crippen LogP contribution in [0.15, 0.2) is 24.3 Å². The Kier molecular flexibility index (Phi) is 9.46. The van der Waals surface area contributed by atoms with Gasteiger partial charge >= 0.3 is 137 Å². The molecule has 0 radical (unpaired) electrons. The van der Waals surface area contributed by atoms with Crippen LogP contribution in [0.25, 0.3) is 0 Å². The molecule has 1 aromatic carbocycles. The Morgan fingerprint density at radius 3 is 1.52 bits per heavy atom. The summed E-state index contributed by atoms with van der Waals surface area (Å²) in [7, 11) is 2.01. The van der Waals surface area contributed by atoms with Gasteiger partial charge in [-0.1, -0.05) is 0 Å². The fourth-order valence-electron chi connectivity index (χ4n) is 3.34. The average Bonchev–Trinajstić information content (AvgIpc) is 2.55. The van der Waals surface area contributed by atoms with E-state index in [1.807, 2.05) is 7.05 Å². The Morgan fingerprint density at radius 2 is 1.19 bits per heavy atom. The van der Waals surface area contributed by atoms with E-state index in [1.165, 1.54) is 44.2 Å². The summed E-state index contributed by atoms with van der Waals surface area (Å²) in [4.78, 5) is 0. The Hall–Kier alpha value is -0.181. The molecule has 0 bridgehead atoms. The molecule has 0 atom stereocenters. The molecule has 0 aliphatic carbocycles. The number of unbranched alkanes of at least 4 members (excludes halogenated alkanes) is 3. The van der Waals surface area contributed by atoms with Gasteiger partial charge in [-0.3, -0.25) is 0 Å². The molecule has 0 saturated heterocycles. The maximum absolute atomic E-state index is 3.26. The van der Waals surface area contributed by atoms with Crippen molar-refractivity contribution in [3.63, 3.8) is 0 Å². The Labute approximate surface area is 136 Å². The molecule has 0 spiro atoms. The van der Waals surface area contributed by atoms with Gasteiger partial charge in [-0.2, -0.15) is 0 Å². The molecule has 0 amide bonds. The molecule has 0 saturated carbocycles.